The van der Waals surface area contributed by atoms with Gasteiger partial charge in [-0.25, -0.2) is 13.2 Å². The van der Waals surface area contributed by atoms with Crippen molar-refractivity contribution in [1.82, 2.24) is 5.16 Å². The summed E-state index contributed by atoms with van der Waals surface area (Å²) in [7, 11) is -3.58. The van der Waals surface area contributed by atoms with Crippen LogP contribution in [0.4, 0.5) is 0 Å². The molecule has 0 aliphatic carbocycles. The molecule has 0 atom stereocenters. The Morgan fingerprint density at radius 2 is 2.05 bits per heavy atom. The summed E-state index contributed by atoms with van der Waals surface area (Å²) in [6.45, 7) is 0. The second kappa shape index (κ2) is 4.67. The Morgan fingerprint density at radius 3 is 2.53 bits per heavy atom. The van der Waals surface area contributed by atoms with Crippen LogP contribution in [0.25, 0.3) is 11.3 Å². The molecule has 1 aromatic carbocycles. The number of benzene rings is 1. The molecule has 2 aromatic rings. The van der Waals surface area contributed by atoms with Gasteiger partial charge in [-0.1, -0.05) is 16.8 Å². The molecule has 1 N–H and O–H groups in total. The van der Waals surface area contributed by atoms with E-state index in [-0.39, 0.29) is 26.7 Å². The van der Waals surface area contributed by atoms with Crippen molar-refractivity contribution in [1.29, 1.82) is 0 Å². The van der Waals surface area contributed by atoms with E-state index in [0.29, 0.717) is 0 Å². The van der Waals surface area contributed by atoms with Crippen molar-refractivity contribution in [3.63, 3.8) is 0 Å². The highest BCUT2D eigenvalue weighted by Crippen LogP contribution is 2.35. The molecule has 0 fully saturated rings. The molecule has 0 saturated heterocycles. The summed E-state index contributed by atoms with van der Waals surface area (Å²) in [6.07, 6.45) is 2.24. The summed E-state index contributed by atoms with van der Waals surface area (Å²) in [5.41, 5.74) is -0.0154. The average molecular weight is 302 g/mol. The Kier molecular flexibility index (Phi) is 3.34. The third kappa shape index (κ3) is 2.47. The molecular formula is C11H8ClNO5S. The van der Waals surface area contributed by atoms with Crippen molar-refractivity contribution in [2.75, 3.05) is 6.26 Å². The SMILES string of the molecule is CS(=O)(=O)c1ccc(C(=O)O)c(Cl)c1-c1ccon1. The van der Waals surface area contributed by atoms with Gasteiger partial charge >= 0.3 is 5.97 Å². The Balaban J connectivity index is 2.86. The molecule has 6 nitrogen and oxygen atoms in total. The van der Waals surface area contributed by atoms with E-state index in [2.05, 4.69) is 9.68 Å². The number of carboxylic acids is 1. The fourth-order valence-corrected chi connectivity index (χ4v) is 2.90. The number of rotatable bonds is 3. The van der Waals surface area contributed by atoms with Gasteiger partial charge in [0.2, 0.25) is 0 Å². The van der Waals surface area contributed by atoms with E-state index in [1.54, 1.807) is 0 Å². The van der Waals surface area contributed by atoms with Gasteiger partial charge in [-0.05, 0) is 12.1 Å². The number of hydrogen-bond donors (Lipinski definition) is 1. The van der Waals surface area contributed by atoms with Crippen LogP contribution in [0.5, 0.6) is 0 Å². The van der Waals surface area contributed by atoms with Gasteiger partial charge in [0.25, 0.3) is 0 Å². The number of nitrogens with zero attached hydrogens (tertiary/aromatic N) is 1. The van der Waals surface area contributed by atoms with Crippen LogP contribution in [-0.2, 0) is 9.84 Å². The summed E-state index contributed by atoms with van der Waals surface area (Å²) in [4.78, 5) is 10.9. The monoisotopic (exact) mass is 301 g/mol. The van der Waals surface area contributed by atoms with Crippen molar-refractivity contribution < 1.29 is 22.8 Å². The lowest BCUT2D eigenvalue weighted by molar-refractivity contribution is 0.0697. The maximum Gasteiger partial charge on any atom is 0.337 e. The number of aromatic carboxylic acids is 1. The Hall–Kier alpha value is -1.86. The first-order chi connectivity index (χ1) is 8.82. The first kappa shape index (κ1) is 13.6. The highest BCUT2D eigenvalue weighted by atomic mass is 35.5. The van der Waals surface area contributed by atoms with Gasteiger partial charge in [0.05, 0.1) is 15.5 Å². The van der Waals surface area contributed by atoms with E-state index in [0.717, 1.165) is 12.3 Å². The molecule has 2 rings (SSSR count). The maximum atomic E-state index is 11.7. The third-order valence-corrected chi connectivity index (χ3v) is 3.96. The molecule has 0 radical (unpaired) electrons. The number of halogens is 1. The van der Waals surface area contributed by atoms with Crippen LogP contribution in [0.15, 0.2) is 33.9 Å². The summed E-state index contributed by atoms with van der Waals surface area (Å²) in [5, 5.41) is 12.4. The number of hydrogen-bond acceptors (Lipinski definition) is 5. The molecule has 0 aliphatic rings. The summed E-state index contributed by atoms with van der Waals surface area (Å²) < 4.78 is 28.1. The van der Waals surface area contributed by atoms with Gasteiger partial charge < -0.3 is 9.63 Å². The molecule has 0 amide bonds. The minimum absolute atomic E-state index is 0.0258. The lowest BCUT2D eigenvalue weighted by atomic mass is 10.1. The van der Waals surface area contributed by atoms with Crippen LogP contribution in [0.2, 0.25) is 5.02 Å². The van der Waals surface area contributed by atoms with Crippen molar-refractivity contribution >= 4 is 27.4 Å². The second-order valence-electron chi connectivity index (χ2n) is 3.76. The summed E-state index contributed by atoms with van der Waals surface area (Å²) >= 11 is 5.98. The standard InChI is InChI=1S/C11H8ClNO5S/c1-19(16,17)8-3-2-6(11(14)15)10(12)9(8)7-4-5-18-13-7/h2-5H,1H3,(H,14,15). The van der Waals surface area contributed by atoms with E-state index >= 15 is 0 Å². The maximum absolute atomic E-state index is 11.7. The van der Waals surface area contributed by atoms with Crippen molar-refractivity contribution in [3.05, 3.63) is 35.0 Å². The zero-order valence-corrected chi connectivity index (χ0v) is 11.2. The van der Waals surface area contributed by atoms with Crippen LogP contribution in [-0.4, -0.2) is 30.9 Å². The Labute approximate surface area is 113 Å². The molecule has 19 heavy (non-hydrogen) atoms. The summed E-state index contributed by atoms with van der Waals surface area (Å²) in [6, 6.07) is 3.74. The predicted octanol–water partition coefficient (Wildman–Crippen LogP) is 2.10. The molecule has 0 spiro atoms. The second-order valence-corrected chi connectivity index (χ2v) is 6.12. The number of sulfone groups is 1. The van der Waals surface area contributed by atoms with Gasteiger partial charge in [-0.2, -0.15) is 0 Å². The van der Waals surface area contributed by atoms with Gasteiger partial charge in [-0.3, -0.25) is 0 Å². The molecular weight excluding hydrogens is 294 g/mol. The van der Waals surface area contributed by atoms with Gasteiger partial charge in [-0.15, -0.1) is 0 Å². The average Bonchev–Trinajstić information content (AvgIpc) is 2.79. The lowest BCUT2D eigenvalue weighted by Crippen LogP contribution is -2.05. The molecule has 1 heterocycles. The first-order valence-corrected chi connectivity index (χ1v) is 7.26. The largest absolute Gasteiger partial charge is 0.478 e. The van der Waals surface area contributed by atoms with Crippen molar-refractivity contribution in [2.24, 2.45) is 0 Å². The number of carboxylic acid groups (broad SMARTS) is 1. The van der Waals surface area contributed by atoms with Gasteiger partial charge in [0, 0.05) is 17.9 Å². The lowest BCUT2D eigenvalue weighted by Gasteiger charge is -2.09. The first-order valence-electron chi connectivity index (χ1n) is 4.99. The third-order valence-electron chi connectivity index (χ3n) is 2.43. The molecule has 0 saturated carbocycles. The molecule has 0 bridgehead atoms. The van der Waals surface area contributed by atoms with Crippen molar-refractivity contribution in [3.8, 4) is 11.3 Å². The van der Waals surface area contributed by atoms with Crippen molar-refractivity contribution in [2.45, 2.75) is 4.90 Å². The van der Waals surface area contributed by atoms with Crippen LogP contribution >= 0.6 is 11.6 Å². The van der Waals surface area contributed by atoms with Crippen LogP contribution in [0.3, 0.4) is 0 Å². The fourth-order valence-electron chi connectivity index (χ4n) is 1.61. The smallest absolute Gasteiger partial charge is 0.337 e. The van der Waals surface area contributed by atoms with Crippen LogP contribution in [0, 0.1) is 0 Å². The van der Waals surface area contributed by atoms with E-state index < -0.39 is 15.8 Å². The van der Waals surface area contributed by atoms with E-state index in [1.165, 1.54) is 18.4 Å². The molecule has 0 aliphatic heterocycles. The van der Waals surface area contributed by atoms with E-state index in [4.69, 9.17) is 16.7 Å². The van der Waals surface area contributed by atoms with Gasteiger partial charge in [0.15, 0.2) is 9.84 Å². The minimum Gasteiger partial charge on any atom is -0.478 e. The normalized spacial score (nSPS) is 11.5. The predicted molar refractivity (Wildman–Crippen MR) is 67.0 cm³/mol. The highest BCUT2D eigenvalue weighted by molar-refractivity contribution is 7.90. The topological polar surface area (TPSA) is 97.5 Å². The zero-order chi connectivity index (χ0) is 14.2. The van der Waals surface area contributed by atoms with E-state index in [9.17, 15) is 13.2 Å². The van der Waals surface area contributed by atoms with Gasteiger partial charge in [0.1, 0.15) is 12.0 Å². The highest BCUT2D eigenvalue weighted by Gasteiger charge is 2.23. The van der Waals surface area contributed by atoms with E-state index in [1.807, 2.05) is 0 Å². The van der Waals surface area contributed by atoms with Crippen LogP contribution < -0.4 is 0 Å². The zero-order valence-electron chi connectivity index (χ0n) is 9.62. The molecule has 1 aromatic heterocycles. The molecule has 100 valence electrons. The summed E-state index contributed by atoms with van der Waals surface area (Å²) in [5.74, 6) is -1.25. The minimum atomic E-state index is -3.58. The Bertz CT molecular complexity index is 737. The Morgan fingerprint density at radius 1 is 1.37 bits per heavy atom. The van der Waals surface area contributed by atoms with Crippen LogP contribution in [0.1, 0.15) is 10.4 Å². The number of aromatic nitrogens is 1. The number of carbonyl (C=O) groups is 1. The molecule has 0 unspecified atom stereocenters. The fraction of sp³-hybridized carbons (Fsp3) is 0.0909. The quantitative estimate of drug-likeness (QED) is 0.932. The molecule has 8 heteroatoms.